The van der Waals surface area contributed by atoms with E-state index in [4.69, 9.17) is 4.98 Å². The number of hydrogen-bond donors (Lipinski definition) is 1. The molecule has 0 saturated heterocycles. The van der Waals surface area contributed by atoms with Crippen LogP contribution in [0.25, 0.3) is 21.7 Å². The predicted molar refractivity (Wildman–Crippen MR) is 137 cm³/mol. The monoisotopic (exact) mass is 425 g/mol. The van der Waals surface area contributed by atoms with Gasteiger partial charge in [0.05, 0.1) is 5.52 Å². The molecule has 0 unspecified atom stereocenters. The first-order valence-electron chi connectivity index (χ1n) is 12.6. The van der Waals surface area contributed by atoms with Crippen LogP contribution in [0, 0.1) is 0 Å². The molecule has 166 valence electrons. The van der Waals surface area contributed by atoms with Crippen LogP contribution in [-0.4, -0.2) is 16.1 Å². The summed E-state index contributed by atoms with van der Waals surface area (Å²) in [4.78, 5) is 4.95. The van der Waals surface area contributed by atoms with Crippen LogP contribution in [0.15, 0.2) is 60.9 Å². The Kier molecular flexibility index (Phi) is 6.72. The largest absolute Gasteiger partial charge is 0.384 e. The third-order valence-corrected chi connectivity index (χ3v) is 6.92. The van der Waals surface area contributed by atoms with Gasteiger partial charge < -0.3 is 9.88 Å². The first-order valence-corrected chi connectivity index (χ1v) is 12.6. The normalized spacial score (nSPS) is 13.5. The van der Waals surface area contributed by atoms with Crippen LogP contribution in [0.1, 0.15) is 62.6 Å². The molecule has 1 aliphatic carbocycles. The standard InChI is InChI=1S/C29H35N3/c1(2-4-12-20-32-21-23-13-5-6-14-24(23)22-32)3-11-19-30-29-25-15-7-9-17-27(25)31-28-18-10-8-16-26(28)29/h5-7,9,13-15,17,21-22H,1-4,8,10-12,16,18-20H2,(H,30,31). The molecular formula is C29H35N3. The van der Waals surface area contributed by atoms with Crippen molar-refractivity contribution in [2.45, 2.75) is 70.8 Å². The van der Waals surface area contributed by atoms with Crippen molar-refractivity contribution >= 4 is 27.4 Å². The fourth-order valence-electron chi connectivity index (χ4n) is 5.18. The van der Waals surface area contributed by atoms with Crippen LogP contribution in [0.2, 0.25) is 0 Å². The van der Waals surface area contributed by atoms with Crippen LogP contribution < -0.4 is 5.32 Å². The fourth-order valence-corrected chi connectivity index (χ4v) is 5.18. The number of para-hydroxylation sites is 1. The maximum absolute atomic E-state index is 4.95. The minimum absolute atomic E-state index is 1.07. The zero-order valence-electron chi connectivity index (χ0n) is 19.2. The van der Waals surface area contributed by atoms with Crippen LogP contribution in [0.4, 0.5) is 5.69 Å². The Labute approximate surface area is 191 Å². The number of nitrogens with one attached hydrogen (secondary N) is 1. The second-order valence-electron chi connectivity index (χ2n) is 9.31. The Bertz CT molecular complexity index is 1140. The number of nitrogens with zero attached hydrogens (tertiary/aromatic N) is 2. The number of hydrogen-bond acceptors (Lipinski definition) is 2. The lowest BCUT2D eigenvalue weighted by atomic mass is 9.92. The topological polar surface area (TPSA) is 29.9 Å². The third-order valence-electron chi connectivity index (χ3n) is 6.92. The average molecular weight is 426 g/mol. The van der Waals surface area contributed by atoms with Gasteiger partial charge in [0.25, 0.3) is 0 Å². The van der Waals surface area contributed by atoms with Crippen molar-refractivity contribution in [1.29, 1.82) is 0 Å². The molecule has 0 bridgehead atoms. The molecule has 5 rings (SSSR count). The molecule has 0 fully saturated rings. The molecule has 2 aromatic heterocycles. The van der Waals surface area contributed by atoms with Gasteiger partial charge in [-0.25, -0.2) is 0 Å². The van der Waals surface area contributed by atoms with E-state index in [2.05, 4.69) is 70.8 Å². The van der Waals surface area contributed by atoms with Gasteiger partial charge in [-0.2, -0.15) is 0 Å². The van der Waals surface area contributed by atoms with Crippen LogP contribution in [0.3, 0.4) is 0 Å². The molecule has 0 radical (unpaired) electrons. The Morgan fingerprint density at radius 3 is 2.28 bits per heavy atom. The minimum Gasteiger partial charge on any atom is -0.384 e. The highest BCUT2D eigenvalue weighted by Crippen LogP contribution is 2.33. The average Bonchev–Trinajstić information content (AvgIpc) is 3.25. The van der Waals surface area contributed by atoms with Gasteiger partial charge in [0.2, 0.25) is 0 Å². The fraction of sp³-hybridized carbons (Fsp3) is 0.414. The van der Waals surface area contributed by atoms with Crippen molar-refractivity contribution in [1.82, 2.24) is 9.55 Å². The zero-order valence-corrected chi connectivity index (χ0v) is 19.2. The maximum atomic E-state index is 4.95. The summed E-state index contributed by atoms with van der Waals surface area (Å²) in [5.74, 6) is 0. The molecule has 3 heteroatoms. The molecule has 32 heavy (non-hydrogen) atoms. The Morgan fingerprint density at radius 1 is 0.750 bits per heavy atom. The lowest BCUT2D eigenvalue weighted by Gasteiger charge is -2.21. The molecule has 0 atom stereocenters. The van der Waals surface area contributed by atoms with Gasteiger partial charge in [-0.05, 0) is 60.9 Å². The van der Waals surface area contributed by atoms with E-state index in [0.717, 1.165) is 25.0 Å². The minimum atomic E-state index is 1.07. The quantitative estimate of drug-likeness (QED) is 0.266. The number of unbranched alkanes of at least 4 members (excludes halogenated alkanes) is 5. The lowest BCUT2D eigenvalue weighted by Crippen LogP contribution is -2.12. The second-order valence-corrected chi connectivity index (χ2v) is 9.31. The molecule has 0 saturated carbocycles. The van der Waals surface area contributed by atoms with Crippen molar-refractivity contribution in [3.05, 3.63) is 72.2 Å². The van der Waals surface area contributed by atoms with E-state index in [-0.39, 0.29) is 0 Å². The molecule has 2 heterocycles. The Balaban J connectivity index is 1.04. The highest BCUT2D eigenvalue weighted by Gasteiger charge is 2.17. The van der Waals surface area contributed by atoms with E-state index in [1.54, 1.807) is 0 Å². The summed E-state index contributed by atoms with van der Waals surface area (Å²) in [5.41, 5.74) is 5.32. The van der Waals surface area contributed by atoms with Crippen molar-refractivity contribution < 1.29 is 0 Å². The van der Waals surface area contributed by atoms with E-state index >= 15 is 0 Å². The van der Waals surface area contributed by atoms with Crippen molar-refractivity contribution in [3.63, 3.8) is 0 Å². The molecule has 0 amide bonds. The van der Waals surface area contributed by atoms with Gasteiger partial charge in [-0.15, -0.1) is 0 Å². The van der Waals surface area contributed by atoms with Crippen LogP contribution in [-0.2, 0) is 19.4 Å². The summed E-state index contributed by atoms with van der Waals surface area (Å²) in [7, 11) is 0. The predicted octanol–water partition coefficient (Wildman–Crippen LogP) is 7.52. The number of rotatable bonds is 10. The molecule has 1 N–H and O–H groups in total. The van der Waals surface area contributed by atoms with E-state index in [9.17, 15) is 0 Å². The molecule has 0 spiro atoms. The van der Waals surface area contributed by atoms with Gasteiger partial charge in [-0.1, -0.05) is 68.1 Å². The van der Waals surface area contributed by atoms with E-state index in [0.29, 0.717) is 0 Å². The van der Waals surface area contributed by atoms with E-state index < -0.39 is 0 Å². The molecule has 2 aromatic carbocycles. The highest BCUT2D eigenvalue weighted by molar-refractivity contribution is 5.93. The van der Waals surface area contributed by atoms with Gasteiger partial charge >= 0.3 is 0 Å². The van der Waals surface area contributed by atoms with Crippen LogP contribution in [0.5, 0.6) is 0 Å². The molecule has 4 aromatic rings. The SMILES string of the molecule is c1ccc2cn(CCCCCCCCNc3c4c(nc5ccccc35)CCCC4)cc2c1. The smallest absolute Gasteiger partial charge is 0.0726 e. The molecule has 3 nitrogen and oxygen atoms in total. The number of fused-ring (bicyclic) bond motifs is 3. The number of anilines is 1. The first kappa shape index (κ1) is 21.1. The number of pyridine rings is 1. The van der Waals surface area contributed by atoms with Crippen molar-refractivity contribution in [2.75, 3.05) is 11.9 Å². The van der Waals surface area contributed by atoms with E-state index in [1.165, 1.54) is 90.9 Å². The Morgan fingerprint density at radius 2 is 1.44 bits per heavy atom. The third kappa shape index (κ3) is 4.82. The summed E-state index contributed by atoms with van der Waals surface area (Å²) >= 11 is 0. The number of aryl methyl sites for hydroxylation is 2. The lowest BCUT2D eigenvalue weighted by molar-refractivity contribution is 0.557. The van der Waals surface area contributed by atoms with Crippen LogP contribution >= 0.6 is 0 Å². The second kappa shape index (κ2) is 10.2. The van der Waals surface area contributed by atoms with Gasteiger partial charge in [0, 0.05) is 42.3 Å². The first-order chi connectivity index (χ1) is 15.9. The Hall–Kier alpha value is -2.81. The summed E-state index contributed by atoms with van der Waals surface area (Å²) in [5, 5.41) is 7.81. The highest BCUT2D eigenvalue weighted by atomic mass is 14.9. The maximum Gasteiger partial charge on any atom is 0.0726 e. The zero-order chi connectivity index (χ0) is 21.6. The summed E-state index contributed by atoms with van der Waals surface area (Å²) in [6, 6.07) is 17.3. The van der Waals surface area contributed by atoms with Crippen molar-refractivity contribution in [2.24, 2.45) is 0 Å². The number of benzene rings is 2. The molecular weight excluding hydrogens is 390 g/mol. The molecule has 0 aliphatic heterocycles. The number of aromatic nitrogens is 2. The van der Waals surface area contributed by atoms with Crippen molar-refractivity contribution in [3.8, 4) is 0 Å². The van der Waals surface area contributed by atoms with E-state index in [1.807, 2.05) is 0 Å². The summed E-state index contributed by atoms with van der Waals surface area (Å²) in [6.45, 7) is 2.20. The van der Waals surface area contributed by atoms with Gasteiger partial charge in [-0.3, -0.25) is 4.98 Å². The summed E-state index contributed by atoms with van der Waals surface area (Å²) in [6.07, 6.45) is 17.3. The van der Waals surface area contributed by atoms with Gasteiger partial charge in [0.15, 0.2) is 0 Å². The molecule has 1 aliphatic rings. The van der Waals surface area contributed by atoms with Gasteiger partial charge in [0.1, 0.15) is 0 Å². The summed E-state index contributed by atoms with van der Waals surface area (Å²) < 4.78 is 2.36.